The Morgan fingerprint density at radius 1 is 1.29 bits per heavy atom. The van der Waals surface area contributed by atoms with E-state index in [1.165, 1.54) is 0 Å². The molecule has 0 radical (unpaired) electrons. The maximum absolute atomic E-state index is 12.3. The van der Waals surface area contributed by atoms with E-state index in [1.54, 1.807) is 31.2 Å². The van der Waals surface area contributed by atoms with Gasteiger partial charge in [0.05, 0.1) is 18.6 Å². The molecule has 116 valence electrons. The van der Waals surface area contributed by atoms with E-state index in [1.807, 2.05) is 20.8 Å². The minimum atomic E-state index is -0.932. The lowest BCUT2D eigenvalue weighted by Gasteiger charge is -2.33. The molecule has 1 rings (SSSR count). The largest absolute Gasteiger partial charge is 0.494 e. The van der Waals surface area contributed by atoms with E-state index in [4.69, 9.17) is 9.84 Å². The van der Waals surface area contributed by atoms with E-state index < -0.39 is 11.5 Å². The zero-order valence-electron chi connectivity index (χ0n) is 13.0. The summed E-state index contributed by atoms with van der Waals surface area (Å²) < 4.78 is 5.32. The van der Waals surface area contributed by atoms with Crippen LogP contribution in [0.4, 0.5) is 0 Å². The van der Waals surface area contributed by atoms with Gasteiger partial charge in [0.15, 0.2) is 0 Å². The normalized spacial score (nSPS) is 13.6. The zero-order valence-corrected chi connectivity index (χ0v) is 13.0. The first-order valence-corrected chi connectivity index (χ1v) is 7.05. The number of benzene rings is 1. The summed E-state index contributed by atoms with van der Waals surface area (Å²) in [6.07, 6.45) is -0.118. The number of aliphatic carboxylic acids is 1. The number of carboxylic acids is 1. The standard InChI is InChI=1S/C16H23NO4/c1-5-21-13-8-6-12(7-9-13)15(20)17-16(4,11(2)3)10-14(18)19/h6-9,11H,5,10H2,1-4H3,(H,17,20)(H,18,19). The van der Waals surface area contributed by atoms with Crippen molar-refractivity contribution in [3.8, 4) is 5.75 Å². The van der Waals surface area contributed by atoms with E-state index in [2.05, 4.69) is 5.32 Å². The lowest BCUT2D eigenvalue weighted by Crippen LogP contribution is -2.51. The Morgan fingerprint density at radius 3 is 2.29 bits per heavy atom. The predicted molar refractivity (Wildman–Crippen MR) is 80.6 cm³/mol. The molecular formula is C16H23NO4. The third-order valence-corrected chi connectivity index (χ3v) is 3.62. The van der Waals surface area contributed by atoms with Crippen molar-refractivity contribution in [3.63, 3.8) is 0 Å². The fourth-order valence-corrected chi connectivity index (χ4v) is 1.91. The second-order valence-electron chi connectivity index (χ2n) is 5.55. The van der Waals surface area contributed by atoms with Crippen LogP contribution >= 0.6 is 0 Å². The topological polar surface area (TPSA) is 75.6 Å². The fourth-order valence-electron chi connectivity index (χ4n) is 1.91. The molecule has 1 aromatic rings. The summed E-state index contributed by atoms with van der Waals surface area (Å²) in [5, 5.41) is 11.8. The second kappa shape index (κ2) is 7.11. The number of hydrogen-bond acceptors (Lipinski definition) is 3. The van der Waals surface area contributed by atoms with Crippen molar-refractivity contribution < 1.29 is 19.4 Å². The Labute approximate surface area is 125 Å². The highest BCUT2D eigenvalue weighted by molar-refractivity contribution is 5.95. The molecule has 1 amide bonds. The summed E-state index contributed by atoms with van der Waals surface area (Å²) in [5.41, 5.74) is -0.308. The van der Waals surface area contributed by atoms with Gasteiger partial charge in [0.2, 0.25) is 0 Å². The SMILES string of the molecule is CCOc1ccc(C(=O)NC(C)(CC(=O)O)C(C)C)cc1. The molecule has 0 heterocycles. The molecule has 0 saturated carbocycles. The van der Waals surface area contributed by atoms with Crippen LogP contribution in [-0.2, 0) is 4.79 Å². The molecule has 0 saturated heterocycles. The van der Waals surface area contributed by atoms with Crippen LogP contribution in [0.3, 0.4) is 0 Å². The molecule has 1 unspecified atom stereocenters. The van der Waals surface area contributed by atoms with Gasteiger partial charge < -0.3 is 15.2 Å². The summed E-state index contributed by atoms with van der Waals surface area (Å²) in [7, 11) is 0. The van der Waals surface area contributed by atoms with E-state index in [9.17, 15) is 9.59 Å². The highest BCUT2D eigenvalue weighted by Gasteiger charge is 2.33. The van der Waals surface area contributed by atoms with Gasteiger partial charge in [0, 0.05) is 5.56 Å². The van der Waals surface area contributed by atoms with Crippen LogP contribution in [0.1, 0.15) is 44.5 Å². The molecule has 0 spiro atoms. The quantitative estimate of drug-likeness (QED) is 0.810. The van der Waals surface area contributed by atoms with Gasteiger partial charge in [-0.05, 0) is 44.0 Å². The average molecular weight is 293 g/mol. The van der Waals surface area contributed by atoms with Gasteiger partial charge >= 0.3 is 5.97 Å². The molecule has 2 N–H and O–H groups in total. The summed E-state index contributed by atoms with van der Waals surface area (Å²) in [4.78, 5) is 23.3. The molecule has 0 bridgehead atoms. The number of hydrogen-bond donors (Lipinski definition) is 2. The highest BCUT2D eigenvalue weighted by atomic mass is 16.5. The number of amides is 1. The van der Waals surface area contributed by atoms with E-state index in [-0.39, 0.29) is 18.2 Å². The monoisotopic (exact) mass is 293 g/mol. The Hall–Kier alpha value is -2.04. The molecule has 1 atom stereocenters. The van der Waals surface area contributed by atoms with Crippen molar-refractivity contribution in [2.45, 2.75) is 39.7 Å². The van der Waals surface area contributed by atoms with Crippen molar-refractivity contribution in [1.29, 1.82) is 0 Å². The molecule has 21 heavy (non-hydrogen) atoms. The van der Waals surface area contributed by atoms with Gasteiger partial charge in [-0.2, -0.15) is 0 Å². The van der Waals surface area contributed by atoms with Crippen molar-refractivity contribution in [3.05, 3.63) is 29.8 Å². The number of ether oxygens (including phenoxy) is 1. The molecule has 5 heteroatoms. The Bertz CT molecular complexity index is 496. The highest BCUT2D eigenvalue weighted by Crippen LogP contribution is 2.22. The Kier molecular flexibility index (Phi) is 5.76. The van der Waals surface area contributed by atoms with Gasteiger partial charge in [-0.3, -0.25) is 9.59 Å². The molecule has 0 aromatic heterocycles. The summed E-state index contributed by atoms with van der Waals surface area (Å²) >= 11 is 0. The van der Waals surface area contributed by atoms with Gasteiger partial charge in [-0.1, -0.05) is 13.8 Å². The van der Waals surface area contributed by atoms with Crippen molar-refractivity contribution in [1.82, 2.24) is 5.32 Å². The molecule has 0 fully saturated rings. The van der Waals surface area contributed by atoms with Crippen LogP contribution in [0.5, 0.6) is 5.75 Å². The maximum Gasteiger partial charge on any atom is 0.305 e. The number of carbonyl (C=O) groups is 2. The van der Waals surface area contributed by atoms with Gasteiger partial charge in [-0.25, -0.2) is 0 Å². The maximum atomic E-state index is 12.3. The molecule has 1 aromatic carbocycles. The van der Waals surface area contributed by atoms with Crippen molar-refractivity contribution in [2.75, 3.05) is 6.61 Å². The molecule has 5 nitrogen and oxygen atoms in total. The molecular weight excluding hydrogens is 270 g/mol. The Morgan fingerprint density at radius 2 is 1.86 bits per heavy atom. The lowest BCUT2D eigenvalue weighted by atomic mass is 9.85. The first-order valence-electron chi connectivity index (χ1n) is 7.05. The van der Waals surface area contributed by atoms with Crippen LogP contribution < -0.4 is 10.1 Å². The van der Waals surface area contributed by atoms with Crippen LogP contribution in [-0.4, -0.2) is 29.1 Å². The van der Waals surface area contributed by atoms with Crippen LogP contribution in [0.25, 0.3) is 0 Å². The summed E-state index contributed by atoms with van der Waals surface area (Å²) in [6.45, 7) is 7.98. The fraction of sp³-hybridized carbons (Fsp3) is 0.500. The predicted octanol–water partition coefficient (Wildman–Crippen LogP) is 2.70. The van der Waals surface area contributed by atoms with Gasteiger partial charge in [0.1, 0.15) is 5.75 Å². The first-order chi connectivity index (χ1) is 9.78. The van der Waals surface area contributed by atoms with Gasteiger partial charge in [-0.15, -0.1) is 0 Å². The number of carboxylic acid groups (broad SMARTS) is 1. The zero-order chi connectivity index (χ0) is 16.0. The molecule has 0 aliphatic heterocycles. The summed E-state index contributed by atoms with van der Waals surface area (Å²) in [6, 6.07) is 6.79. The van der Waals surface area contributed by atoms with E-state index >= 15 is 0 Å². The number of nitrogens with one attached hydrogen (secondary N) is 1. The second-order valence-corrected chi connectivity index (χ2v) is 5.55. The third-order valence-electron chi connectivity index (χ3n) is 3.62. The molecule has 0 aliphatic carbocycles. The first kappa shape index (κ1) is 17.0. The van der Waals surface area contributed by atoms with Gasteiger partial charge in [0.25, 0.3) is 5.91 Å². The lowest BCUT2D eigenvalue weighted by molar-refractivity contribution is -0.138. The summed E-state index contributed by atoms with van der Waals surface area (Å²) in [5.74, 6) is -0.514. The van der Waals surface area contributed by atoms with E-state index in [0.29, 0.717) is 17.9 Å². The molecule has 0 aliphatic rings. The smallest absolute Gasteiger partial charge is 0.305 e. The third kappa shape index (κ3) is 4.77. The van der Waals surface area contributed by atoms with Crippen molar-refractivity contribution in [2.24, 2.45) is 5.92 Å². The van der Waals surface area contributed by atoms with E-state index in [0.717, 1.165) is 0 Å². The number of carbonyl (C=O) groups excluding carboxylic acids is 1. The minimum absolute atomic E-state index is 0.000230. The van der Waals surface area contributed by atoms with Crippen LogP contribution in [0.2, 0.25) is 0 Å². The Balaban J connectivity index is 2.84. The average Bonchev–Trinajstić information content (AvgIpc) is 2.38. The minimum Gasteiger partial charge on any atom is -0.494 e. The van der Waals surface area contributed by atoms with Crippen LogP contribution in [0.15, 0.2) is 24.3 Å². The number of rotatable bonds is 7. The van der Waals surface area contributed by atoms with Crippen LogP contribution in [0, 0.1) is 5.92 Å². The van der Waals surface area contributed by atoms with Crippen molar-refractivity contribution >= 4 is 11.9 Å².